The number of piperidine rings is 1. The number of anilines is 3. The van der Waals surface area contributed by atoms with Crippen molar-refractivity contribution < 1.29 is 14.2 Å². The Morgan fingerprint density at radius 1 is 1.24 bits per heavy atom. The van der Waals surface area contributed by atoms with Crippen LogP contribution in [0.25, 0.3) is 11.3 Å². The maximum absolute atomic E-state index is 12.2. The molecule has 1 unspecified atom stereocenters. The Kier molecular flexibility index (Phi) is 10.8. The van der Waals surface area contributed by atoms with Gasteiger partial charge in [0.25, 0.3) is 0 Å². The Bertz CT molecular complexity index is 1740. The molecule has 1 amide bonds. The highest BCUT2D eigenvalue weighted by atomic mass is 28.4. The van der Waals surface area contributed by atoms with E-state index in [2.05, 4.69) is 68.1 Å². The van der Waals surface area contributed by atoms with Crippen molar-refractivity contribution >= 4 is 38.7 Å². The summed E-state index contributed by atoms with van der Waals surface area (Å²) in [5.74, 6) is 1.84. The molecule has 1 saturated heterocycles. The van der Waals surface area contributed by atoms with Gasteiger partial charge in [-0.25, -0.2) is 14.6 Å². The van der Waals surface area contributed by atoms with Crippen LogP contribution in [0.15, 0.2) is 30.5 Å². The minimum atomic E-state index is -2.06. The van der Waals surface area contributed by atoms with Gasteiger partial charge >= 0.3 is 7.05 Å². The summed E-state index contributed by atoms with van der Waals surface area (Å²) in [7, 11) is 0.775. The van der Waals surface area contributed by atoms with Gasteiger partial charge in [0.1, 0.15) is 11.9 Å². The molecular formula is C36H54BN9O3Si. The molecule has 5 rings (SSSR count). The molecule has 0 aliphatic carbocycles. The lowest BCUT2D eigenvalue weighted by Crippen LogP contribution is -2.47. The van der Waals surface area contributed by atoms with Gasteiger partial charge in [-0.1, -0.05) is 27.7 Å². The van der Waals surface area contributed by atoms with E-state index in [9.17, 15) is 15.1 Å². The fraction of sp³-hybridized carbons (Fsp3) is 0.583. The number of nitrogens with one attached hydrogen (secondary N) is 1. The Morgan fingerprint density at radius 3 is 2.56 bits per heavy atom. The van der Waals surface area contributed by atoms with Gasteiger partial charge in [0, 0.05) is 62.7 Å². The summed E-state index contributed by atoms with van der Waals surface area (Å²) < 4.78 is 8.75. The number of fused-ring (bicyclic) bond motifs is 1. The summed E-state index contributed by atoms with van der Waals surface area (Å²) in [5.41, 5.74) is 4.18. The first-order chi connectivity index (χ1) is 23.4. The van der Waals surface area contributed by atoms with E-state index < -0.39 is 20.8 Å². The first-order valence-corrected chi connectivity index (χ1v) is 20.6. The largest absolute Gasteiger partial charge is 0.432 e. The Balaban J connectivity index is 1.38. The Labute approximate surface area is 299 Å². The standard InChI is InChI=1S/C36H54BN9O3Si/c1-25-17-31(46(42-25)21-26-12-15-44(16-13-26)22-32(47)43(7)8)41-34-39-14-11-30(40-34)27-18-28(20-38)33-29(19-27)36(5,23-45(33)37(6)48)24-49-50(9,10)35(2,3)4/h11,14,17-19,26,48H,12-13,15-16,21-24H2,1-10H3,(H,39,40,41). The molecule has 0 spiro atoms. The Hall–Kier alpha value is -3.77. The summed E-state index contributed by atoms with van der Waals surface area (Å²) in [5, 5.41) is 29.4. The Morgan fingerprint density at radius 2 is 1.94 bits per heavy atom. The van der Waals surface area contributed by atoms with E-state index in [-0.39, 0.29) is 10.9 Å². The van der Waals surface area contributed by atoms with Gasteiger partial charge in [0.2, 0.25) is 11.9 Å². The van der Waals surface area contributed by atoms with E-state index in [0.717, 1.165) is 60.8 Å². The van der Waals surface area contributed by atoms with Crippen LogP contribution in [0.5, 0.6) is 0 Å². The molecule has 50 heavy (non-hydrogen) atoms. The van der Waals surface area contributed by atoms with Crippen molar-refractivity contribution in [1.29, 1.82) is 5.26 Å². The molecule has 2 aliphatic rings. The van der Waals surface area contributed by atoms with Crippen molar-refractivity contribution in [2.45, 2.75) is 84.4 Å². The van der Waals surface area contributed by atoms with E-state index in [4.69, 9.17) is 14.5 Å². The lowest BCUT2D eigenvalue weighted by molar-refractivity contribution is -0.130. The zero-order chi connectivity index (χ0) is 36.6. The average Bonchev–Trinajstić information content (AvgIpc) is 3.55. The summed E-state index contributed by atoms with van der Waals surface area (Å²) in [4.78, 5) is 27.4. The van der Waals surface area contributed by atoms with Crippen molar-refractivity contribution in [1.82, 2.24) is 29.5 Å². The number of rotatable bonds is 11. The lowest BCUT2D eigenvalue weighted by atomic mass is 9.83. The minimum Gasteiger partial charge on any atom is -0.432 e. The molecule has 2 aromatic heterocycles. The first-order valence-electron chi connectivity index (χ1n) is 17.7. The maximum atomic E-state index is 12.2. The van der Waals surface area contributed by atoms with Crippen LogP contribution in [0.2, 0.25) is 25.0 Å². The van der Waals surface area contributed by atoms with E-state index in [1.807, 2.05) is 34.6 Å². The van der Waals surface area contributed by atoms with Gasteiger partial charge in [0.05, 0.1) is 23.5 Å². The summed E-state index contributed by atoms with van der Waals surface area (Å²) in [6.07, 6.45) is 3.72. The summed E-state index contributed by atoms with van der Waals surface area (Å²) >= 11 is 0. The molecule has 2 N–H and O–H groups in total. The van der Waals surface area contributed by atoms with Gasteiger partial charge < -0.3 is 24.5 Å². The van der Waals surface area contributed by atoms with Crippen molar-refractivity contribution in [2.24, 2.45) is 5.92 Å². The molecule has 0 saturated carbocycles. The van der Waals surface area contributed by atoms with Crippen LogP contribution >= 0.6 is 0 Å². The second kappa shape index (κ2) is 14.5. The highest BCUT2D eigenvalue weighted by molar-refractivity contribution is 6.74. The van der Waals surface area contributed by atoms with Crippen LogP contribution in [0.3, 0.4) is 0 Å². The molecule has 0 bridgehead atoms. The number of aromatic nitrogens is 4. The van der Waals surface area contributed by atoms with Crippen LogP contribution < -0.4 is 10.1 Å². The van der Waals surface area contributed by atoms with Crippen molar-refractivity contribution in [3.63, 3.8) is 0 Å². The number of carbonyl (C=O) groups is 1. The van der Waals surface area contributed by atoms with E-state index in [1.54, 1.807) is 32.0 Å². The van der Waals surface area contributed by atoms with Gasteiger partial charge in [-0.15, -0.1) is 0 Å². The van der Waals surface area contributed by atoms with Crippen molar-refractivity contribution in [3.8, 4) is 17.3 Å². The maximum Gasteiger partial charge on any atom is 0.409 e. The van der Waals surface area contributed by atoms with Gasteiger partial charge in [-0.2, -0.15) is 10.4 Å². The molecular weight excluding hydrogens is 645 g/mol. The zero-order valence-corrected chi connectivity index (χ0v) is 32.5. The smallest absolute Gasteiger partial charge is 0.409 e. The van der Waals surface area contributed by atoms with Crippen LogP contribution in [-0.2, 0) is 21.2 Å². The number of hydrogen-bond donors (Lipinski definition) is 2. The van der Waals surface area contributed by atoms with Crippen molar-refractivity contribution in [3.05, 3.63) is 47.3 Å². The molecule has 0 radical (unpaired) electrons. The van der Waals surface area contributed by atoms with Crippen LogP contribution in [0, 0.1) is 24.2 Å². The summed E-state index contributed by atoms with van der Waals surface area (Å²) in [6, 6.07) is 10.2. The number of hydrogen-bond acceptors (Lipinski definition) is 10. The number of amides is 1. The first kappa shape index (κ1) is 37.5. The van der Waals surface area contributed by atoms with Crippen LogP contribution in [0.1, 0.15) is 57.4 Å². The second-order valence-corrected chi connectivity index (χ2v) is 21.0. The molecule has 14 heteroatoms. The number of benzene rings is 1. The van der Waals surface area contributed by atoms with E-state index >= 15 is 0 Å². The van der Waals surface area contributed by atoms with E-state index in [0.29, 0.717) is 42.8 Å². The van der Waals surface area contributed by atoms with Gasteiger partial charge in [-0.3, -0.25) is 9.69 Å². The van der Waals surface area contributed by atoms with Crippen molar-refractivity contribution in [2.75, 3.05) is 57.0 Å². The molecule has 1 aromatic carbocycles. The van der Waals surface area contributed by atoms with Crippen LogP contribution in [-0.4, -0.2) is 103 Å². The fourth-order valence-electron chi connectivity index (χ4n) is 6.56. The molecule has 3 aromatic rings. The SMILES string of the molecule is CB(O)N1CC(C)(CO[Si](C)(C)C(C)(C)C)c2cc(-c3ccnc(Nc4cc(C)nn4CC4CCN(CC(=O)N(C)C)CC4)n3)cc(C#N)c21. The number of likely N-dealkylation sites (tertiary alicyclic amines) is 1. The third-order valence-electron chi connectivity index (χ3n) is 10.8. The second-order valence-electron chi connectivity index (χ2n) is 16.2. The van der Waals surface area contributed by atoms with Gasteiger partial charge in [0.15, 0.2) is 8.32 Å². The number of aryl methyl sites for hydroxylation is 1. The number of likely N-dealkylation sites (N-methyl/N-ethyl adjacent to an activating group) is 1. The zero-order valence-electron chi connectivity index (χ0n) is 31.5. The molecule has 268 valence electrons. The number of nitriles is 1. The van der Waals surface area contributed by atoms with Crippen LogP contribution in [0.4, 0.5) is 17.5 Å². The normalized spacial score (nSPS) is 18.6. The van der Waals surface area contributed by atoms with E-state index in [1.165, 1.54) is 0 Å². The highest BCUT2D eigenvalue weighted by Crippen LogP contribution is 2.47. The molecule has 1 fully saturated rings. The number of carbonyl (C=O) groups excluding carboxylic acids is 1. The predicted octanol–water partition coefficient (Wildman–Crippen LogP) is 5.27. The molecule has 4 heterocycles. The molecule has 1 atom stereocenters. The number of nitrogens with zero attached hydrogens (tertiary/aromatic N) is 8. The minimum absolute atomic E-state index is 0.0533. The fourth-order valence-corrected chi connectivity index (χ4v) is 7.67. The quantitative estimate of drug-likeness (QED) is 0.255. The topological polar surface area (TPSA) is 136 Å². The summed E-state index contributed by atoms with van der Waals surface area (Å²) in [6.45, 7) is 21.1. The molecule has 12 nitrogen and oxygen atoms in total. The predicted molar refractivity (Wildman–Crippen MR) is 202 cm³/mol. The highest BCUT2D eigenvalue weighted by Gasteiger charge is 2.46. The molecule has 2 aliphatic heterocycles. The van der Waals surface area contributed by atoms with Gasteiger partial charge in [-0.05, 0) is 87.5 Å². The third kappa shape index (κ3) is 8.07. The monoisotopic (exact) mass is 699 g/mol. The average molecular weight is 700 g/mol. The lowest BCUT2D eigenvalue weighted by Gasteiger charge is -2.39. The third-order valence-corrected chi connectivity index (χ3v) is 15.3.